The number of nitrogens with one attached hydrogen (secondary N) is 2. The molecule has 2 aromatic heterocycles. The Labute approximate surface area is 128 Å². The van der Waals surface area contributed by atoms with Crippen molar-refractivity contribution in [2.45, 2.75) is 38.8 Å². The molecule has 3 heterocycles. The van der Waals surface area contributed by atoms with Crippen LogP contribution in [0.5, 0.6) is 0 Å². The first kappa shape index (κ1) is 14.7. The summed E-state index contributed by atoms with van der Waals surface area (Å²) in [5.41, 5.74) is 0.329. The Morgan fingerprint density at radius 2 is 2.18 bits per heavy atom. The molecule has 8 nitrogen and oxygen atoms in total. The SMILES string of the molecule is CC(C)n1nccc1NC(=O)c1cn(C2CCNCC2)nn1. The summed E-state index contributed by atoms with van der Waals surface area (Å²) in [5, 5.41) is 18.4. The van der Waals surface area contributed by atoms with Crippen LogP contribution in [0.3, 0.4) is 0 Å². The minimum Gasteiger partial charge on any atom is -0.317 e. The molecule has 0 saturated carbocycles. The van der Waals surface area contributed by atoms with Gasteiger partial charge < -0.3 is 10.6 Å². The van der Waals surface area contributed by atoms with Crippen molar-refractivity contribution in [3.05, 3.63) is 24.2 Å². The fourth-order valence-electron chi connectivity index (χ4n) is 2.64. The lowest BCUT2D eigenvalue weighted by Gasteiger charge is -2.22. The van der Waals surface area contributed by atoms with Crippen molar-refractivity contribution in [1.29, 1.82) is 0 Å². The van der Waals surface area contributed by atoms with Crippen LogP contribution in [-0.2, 0) is 0 Å². The molecule has 0 aromatic carbocycles. The van der Waals surface area contributed by atoms with Gasteiger partial charge in [0, 0.05) is 12.1 Å². The van der Waals surface area contributed by atoms with Gasteiger partial charge in [0.05, 0.1) is 18.4 Å². The number of piperidine rings is 1. The molecule has 22 heavy (non-hydrogen) atoms. The van der Waals surface area contributed by atoms with Gasteiger partial charge >= 0.3 is 0 Å². The molecule has 1 fully saturated rings. The predicted molar refractivity (Wildman–Crippen MR) is 81.7 cm³/mol. The van der Waals surface area contributed by atoms with Crippen LogP contribution < -0.4 is 10.6 Å². The Hall–Kier alpha value is -2.22. The van der Waals surface area contributed by atoms with E-state index in [0.717, 1.165) is 25.9 Å². The lowest BCUT2D eigenvalue weighted by Crippen LogP contribution is -2.29. The molecule has 1 aliphatic rings. The molecular weight excluding hydrogens is 282 g/mol. The van der Waals surface area contributed by atoms with Crippen molar-refractivity contribution in [2.75, 3.05) is 18.4 Å². The number of anilines is 1. The molecule has 0 spiro atoms. The molecule has 1 aliphatic heterocycles. The summed E-state index contributed by atoms with van der Waals surface area (Å²) in [6.07, 6.45) is 5.40. The van der Waals surface area contributed by atoms with E-state index in [4.69, 9.17) is 0 Å². The maximum absolute atomic E-state index is 12.3. The maximum atomic E-state index is 12.3. The largest absolute Gasteiger partial charge is 0.317 e. The quantitative estimate of drug-likeness (QED) is 0.886. The first-order chi connectivity index (χ1) is 10.6. The summed E-state index contributed by atoms with van der Waals surface area (Å²) in [5.74, 6) is 0.402. The van der Waals surface area contributed by atoms with E-state index in [-0.39, 0.29) is 11.9 Å². The van der Waals surface area contributed by atoms with Gasteiger partial charge in [-0.25, -0.2) is 9.36 Å². The predicted octanol–water partition coefficient (Wildman–Crippen LogP) is 1.23. The third kappa shape index (κ3) is 3.01. The Morgan fingerprint density at radius 1 is 1.41 bits per heavy atom. The fraction of sp³-hybridized carbons (Fsp3) is 0.571. The monoisotopic (exact) mass is 303 g/mol. The molecule has 1 saturated heterocycles. The van der Waals surface area contributed by atoms with Gasteiger partial charge in [0.1, 0.15) is 5.82 Å². The molecular formula is C14H21N7O. The van der Waals surface area contributed by atoms with Crippen molar-refractivity contribution < 1.29 is 4.79 Å². The highest BCUT2D eigenvalue weighted by atomic mass is 16.2. The van der Waals surface area contributed by atoms with Crippen molar-refractivity contribution in [3.8, 4) is 0 Å². The summed E-state index contributed by atoms with van der Waals surface area (Å²) in [7, 11) is 0. The first-order valence-electron chi connectivity index (χ1n) is 7.62. The number of rotatable bonds is 4. The van der Waals surface area contributed by atoms with Crippen molar-refractivity contribution >= 4 is 11.7 Å². The van der Waals surface area contributed by atoms with Gasteiger partial charge in [0.15, 0.2) is 5.69 Å². The van der Waals surface area contributed by atoms with E-state index in [1.807, 2.05) is 13.8 Å². The smallest absolute Gasteiger partial charge is 0.278 e. The highest BCUT2D eigenvalue weighted by molar-refractivity contribution is 6.02. The van der Waals surface area contributed by atoms with Crippen LogP contribution >= 0.6 is 0 Å². The molecule has 0 radical (unpaired) electrons. The van der Waals surface area contributed by atoms with E-state index in [1.165, 1.54) is 0 Å². The number of aromatic nitrogens is 5. The van der Waals surface area contributed by atoms with Gasteiger partial charge in [-0.15, -0.1) is 5.10 Å². The van der Waals surface area contributed by atoms with Crippen LogP contribution in [0.25, 0.3) is 0 Å². The molecule has 0 atom stereocenters. The second-order valence-electron chi connectivity index (χ2n) is 5.77. The van der Waals surface area contributed by atoms with Gasteiger partial charge in [-0.05, 0) is 39.8 Å². The molecule has 1 amide bonds. The van der Waals surface area contributed by atoms with Crippen molar-refractivity contribution in [1.82, 2.24) is 30.1 Å². The second-order valence-corrected chi connectivity index (χ2v) is 5.77. The summed E-state index contributed by atoms with van der Waals surface area (Å²) in [6.45, 7) is 5.96. The zero-order chi connectivity index (χ0) is 15.5. The third-order valence-corrected chi connectivity index (χ3v) is 3.83. The van der Waals surface area contributed by atoms with Crippen LogP contribution in [-0.4, -0.2) is 43.8 Å². The standard InChI is InChI=1S/C14H21N7O/c1-10(2)21-13(5-8-16-21)17-14(22)12-9-20(19-18-12)11-3-6-15-7-4-11/h5,8-11,15H,3-4,6-7H2,1-2H3,(H,17,22). The number of carbonyl (C=O) groups is 1. The van der Waals surface area contributed by atoms with E-state index in [2.05, 4.69) is 26.0 Å². The Morgan fingerprint density at radius 3 is 2.91 bits per heavy atom. The van der Waals surface area contributed by atoms with Crippen LogP contribution in [0.4, 0.5) is 5.82 Å². The number of amides is 1. The van der Waals surface area contributed by atoms with E-state index < -0.39 is 0 Å². The average molecular weight is 303 g/mol. The molecule has 0 unspecified atom stereocenters. The van der Waals surface area contributed by atoms with E-state index in [0.29, 0.717) is 17.6 Å². The van der Waals surface area contributed by atoms with E-state index in [9.17, 15) is 4.79 Å². The zero-order valence-corrected chi connectivity index (χ0v) is 12.9. The first-order valence-corrected chi connectivity index (χ1v) is 7.62. The maximum Gasteiger partial charge on any atom is 0.278 e. The number of nitrogens with zero attached hydrogens (tertiary/aromatic N) is 5. The summed E-state index contributed by atoms with van der Waals surface area (Å²) in [4.78, 5) is 12.3. The van der Waals surface area contributed by atoms with Crippen molar-refractivity contribution in [2.24, 2.45) is 0 Å². The van der Waals surface area contributed by atoms with E-state index >= 15 is 0 Å². The molecule has 2 aromatic rings. The molecule has 3 rings (SSSR count). The van der Waals surface area contributed by atoms with Gasteiger partial charge in [-0.1, -0.05) is 5.21 Å². The topological polar surface area (TPSA) is 89.7 Å². The van der Waals surface area contributed by atoms with Gasteiger partial charge in [-0.2, -0.15) is 5.10 Å². The fourth-order valence-corrected chi connectivity index (χ4v) is 2.64. The summed E-state index contributed by atoms with van der Waals surface area (Å²) in [6, 6.07) is 2.27. The van der Waals surface area contributed by atoms with Crippen LogP contribution in [0, 0.1) is 0 Å². The summed E-state index contributed by atoms with van der Waals surface area (Å²) < 4.78 is 3.56. The lowest BCUT2D eigenvalue weighted by molar-refractivity contribution is 0.102. The normalized spacial score (nSPS) is 16.1. The molecule has 8 heteroatoms. The zero-order valence-electron chi connectivity index (χ0n) is 12.9. The Balaban J connectivity index is 1.70. The molecule has 118 valence electrons. The second kappa shape index (κ2) is 6.27. The number of carbonyl (C=O) groups excluding carboxylic acids is 1. The number of hydrogen-bond acceptors (Lipinski definition) is 5. The van der Waals surface area contributed by atoms with Crippen LogP contribution in [0.1, 0.15) is 49.3 Å². The summed E-state index contributed by atoms with van der Waals surface area (Å²) >= 11 is 0. The van der Waals surface area contributed by atoms with Crippen LogP contribution in [0.15, 0.2) is 18.5 Å². The van der Waals surface area contributed by atoms with Gasteiger partial charge in [0.2, 0.25) is 0 Å². The molecule has 0 bridgehead atoms. The van der Waals surface area contributed by atoms with Gasteiger partial charge in [-0.3, -0.25) is 4.79 Å². The third-order valence-electron chi connectivity index (χ3n) is 3.83. The minimum absolute atomic E-state index is 0.177. The van der Waals surface area contributed by atoms with Gasteiger partial charge in [0.25, 0.3) is 5.91 Å². The number of hydrogen-bond donors (Lipinski definition) is 2. The highest BCUT2D eigenvalue weighted by Gasteiger charge is 2.19. The lowest BCUT2D eigenvalue weighted by atomic mass is 10.1. The minimum atomic E-state index is -0.261. The molecule has 0 aliphatic carbocycles. The Bertz CT molecular complexity index is 639. The average Bonchev–Trinajstić information content (AvgIpc) is 3.17. The molecule has 2 N–H and O–H groups in total. The van der Waals surface area contributed by atoms with E-state index in [1.54, 1.807) is 27.8 Å². The van der Waals surface area contributed by atoms with Crippen LogP contribution in [0.2, 0.25) is 0 Å². The van der Waals surface area contributed by atoms with Crippen molar-refractivity contribution in [3.63, 3.8) is 0 Å². The Kier molecular flexibility index (Phi) is 4.19. The highest BCUT2D eigenvalue weighted by Crippen LogP contribution is 2.18.